The van der Waals surface area contributed by atoms with Crippen molar-refractivity contribution in [2.24, 2.45) is 0 Å². The van der Waals surface area contributed by atoms with Gasteiger partial charge in [-0.3, -0.25) is 9.69 Å². The number of ether oxygens (including phenoxy) is 1. The lowest BCUT2D eigenvalue weighted by molar-refractivity contribution is -0.122. The molecule has 0 spiro atoms. The molecule has 1 amide bonds. The van der Waals surface area contributed by atoms with E-state index in [0.717, 1.165) is 24.3 Å². The van der Waals surface area contributed by atoms with E-state index in [4.69, 9.17) is 4.74 Å². The van der Waals surface area contributed by atoms with Crippen LogP contribution in [0.25, 0.3) is 0 Å². The maximum absolute atomic E-state index is 12.3. The third-order valence-electron chi connectivity index (χ3n) is 5.24. The van der Waals surface area contributed by atoms with Gasteiger partial charge in [-0.1, -0.05) is 48.0 Å². The van der Waals surface area contributed by atoms with E-state index in [1.807, 2.05) is 61.5 Å². The zero-order chi connectivity index (χ0) is 19.8. The molecule has 1 fully saturated rings. The number of rotatable bonds is 7. The monoisotopic (exact) mass is 382 g/mol. The fourth-order valence-corrected chi connectivity index (χ4v) is 3.44. The largest absolute Gasteiger partial charge is 0.491 e. The molecule has 0 aliphatic carbocycles. The molecule has 1 heterocycles. The van der Waals surface area contributed by atoms with Gasteiger partial charge in [0.1, 0.15) is 12.4 Å². The van der Waals surface area contributed by atoms with E-state index in [1.54, 1.807) is 0 Å². The minimum Gasteiger partial charge on any atom is -0.491 e. The van der Waals surface area contributed by atoms with Crippen molar-refractivity contribution >= 4 is 5.91 Å². The average Bonchev–Trinajstić information content (AvgIpc) is 2.89. The van der Waals surface area contributed by atoms with Gasteiger partial charge >= 0.3 is 0 Å². The van der Waals surface area contributed by atoms with Crippen molar-refractivity contribution in [3.63, 3.8) is 0 Å². The summed E-state index contributed by atoms with van der Waals surface area (Å²) in [6, 6.07) is 17.8. The van der Waals surface area contributed by atoms with Gasteiger partial charge in [0.05, 0.1) is 12.1 Å². The fraction of sp³-hybridized carbons (Fsp3) is 0.435. The highest BCUT2D eigenvalue weighted by atomic mass is 16.5. The van der Waals surface area contributed by atoms with Crippen LogP contribution in [0.2, 0.25) is 0 Å². The van der Waals surface area contributed by atoms with Crippen molar-refractivity contribution in [2.75, 3.05) is 26.2 Å². The number of carbonyl (C=O) groups excluding carboxylic acids is 1. The van der Waals surface area contributed by atoms with Crippen LogP contribution < -0.4 is 10.1 Å². The lowest BCUT2D eigenvalue weighted by atomic mass is 9.96. The molecule has 28 heavy (non-hydrogen) atoms. The first-order valence-electron chi connectivity index (χ1n) is 9.97. The number of nitrogens with one attached hydrogen (secondary N) is 1. The summed E-state index contributed by atoms with van der Waals surface area (Å²) in [7, 11) is 0. The van der Waals surface area contributed by atoms with Gasteiger partial charge in [-0.05, 0) is 50.4 Å². The number of nitrogens with zero attached hydrogens (tertiary/aromatic N) is 1. The van der Waals surface area contributed by atoms with Crippen LogP contribution in [0.1, 0.15) is 30.4 Å². The Balaban J connectivity index is 1.43. The van der Waals surface area contributed by atoms with Gasteiger partial charge in [0, 0.05) is 13.1 Å². The van der Waals surface area contributed by atoms with Crippen LogP contribution in [0.3, 0.4) is 0 Å². The normalized spacial score (nSPS) is 20.4. The minimum atomic E-state index is -0.847. The Hall–Kier alpha value is -2.37. The minimum absolute atomic E-state index is 0.0187. The lowest BCUT2D eigenvalue weighted by Crippen LogP contribution is -2.40. The summed E-state index contributed by atoms with van der Waals surface area (Å²) in [6.07, 6.45) is 2.13. The predicted octanol–water partition coefficient (Wildman–Crippen LogP) is 2.91. The van der Waals surface area contributed by atoms with Crippen LogP contribution in [0.15, 0.2) is 54.6 Å². The topological polar surface area (TPSA) is 61.8 Å². The van der Waals surface area contributed by atoms with E-state index in [1.165, 1.54) is 5.56 Å². The van der Waals surface area contributed by atoms with E-state index in [-0.39, 0.29) is 12.5 Å². The second-order valence-corrected chi connectivity index (χ2v) is 7.72. The molecular weight excluding hydrogens is 352 g/mol. The predicted molar refractivity (Wildman–Crippen MR) is 110 cm³/mol. The number of aliphatic hydroxyl groups is 1. The highest BCUT2D eigenvalue weighted by Gasteiger charge is 2.31. The molecule has 1 aliphatic rings. The Bertz CT molecular complexity index is 748. The molecule has 0 aromatic heterocycles. The molecule has 5 heteroatoms. The van der Waals surface area contributed by atoms with Crippen LogP contribution in [-0.2, 0) is 11.3 Å². The summed E-state index contributed by atoms with van der Waals surface area (Å²) in [5.74, 6) is 0.797. The van der Waals surface area contributed by atoms with Gasteiger partial charge in [-0.2, -0.15) is 0 Å². The maximum atomic E-state index is 12.3. The van der Waals surface area contributed by atoms with Crippen molar-refractivity contribution in [3.8, 4) is 5.75 Å². The quantitative estimate of drug-likeness (QED) is 0.773. The summed E-state index contributed by atoms with van der Waals surface area (Å²) in [5.41, 5.74) is 1.43. The van der Waals surface area contributed by atoms with Gasteiger partial charge in [-0.15, -0.1) is 0 Å². The lowest BCUT2D eigenvalue weighted by Gasteiger charge is -2.27. The summed E-state index contributed by atoms with van der Waals surface area (Å²) >= 11 is 0. The summed E-state index contributed by atoms with van der Waals surface area (Å²) in [5, 5.41) is 13.9. The number of aryl methyl sites for hydroxylation is 1. The molecule has 150 valence electrons. The molecule has 0 bridgehead atoms. The molecule has 2 aromatic carbocycles. The van der Waals surface area contributed by atoms with Crippen LogP contribution >= 0.6 is 0 Å². The van der Waals surface area contributed by atoms with Gasteiger partial charge in [0.25, 0.3) is 0 Å². The van der Waals surface area contributed by atoms with Crippen LogP contribution in [0.5, 0.6) is 5.75 Å². The molecule has 5 nitrogen and oxygen atoms in total. The number of carbonyl (C=O) groups is 1. The second kappa shape index (κ2) is 9.71. The maximum Gasteiger partial charge on any atom is 0.234 e. The van der Waals surface area contributed by atoms with Gasteiger partial charge in [0.15, 0.2) is 0 Å². The molecule has 1 unspecified atom stereocenters. The zero-order valence-corrected chi connectivity index (χ0v) is 16.6. The van der Waals surface area contributed by atoms with E-state index in [0.29, 0.717) is 32.5 Å². The molecule has 0 radical (unpaired) electrons. The van der Waals surface area contributed by atoms with Gasteiger partial charge in [0.2, 0.25) is 5.91 Å². The first kappa shape index (κ1) is 20.4. The molecular formula is C23H30N2O3. The second-order valence-electron chi connectivity index (χ2n) is 7.72. The third-order valence-corrected chi connectivity index (χ3v) is 5.24. The molecule has 2 N–H and O–H groups in total. The Morgan fingerprint density at radius 3 is 2.61 bits per heavy atom. The average molecular weight is 383 g/mol. The van der Waals surface area contributed by atoms with Crippen LogP contribution in [0.4, 0.5) is 0 Å². The molecule has 3 rings (SSSR count). The molecule has 1 saturated heterocycles. The molecule has 2 aromatic rings. The first-order chi connectivity index (χ1) is 13.5. The van der Waals surface area contributed by atoms with Crippen molar-refractivity contribution in [3.05, 3.63) is 65.7 Å². The molecule has 1 aliphatic heterocycles. The molecule has 0 saturated carbocycles. The Morgan fingerprint density at radius 2 is 1.86 bits per heavy atom. The van der Waals surface area contributed by atoms with Gasteiger partial charge in [-0.25, -0.2) is 0 Å². The molecule has 1 atom stereocenters. The number of likely N-dealkylation sites (tertiary alicyclic amines) is 1. The number of hydrogen-bond acceptors (Lipinski definition) is 4. The van der Waals surface area contributed by atoms with E-state index in [2.05, 4.69) is 10.2 Å². The Labute approximate surface area is 167 Å². The Morgan fingerprint density at radius 1 is 1.11 bits per heavy atom. The highest BCUT2D eigenvalue weighted by Crippen LogP contribution is 2.24. The fourth-order valence-electron chi connectivity index (χ4n) is 3.44. The highest BCUT2D eigenvalue weighted by molar-refractivity contribution is 5.78. The van der Waals surface area contributed by atoms with Crippen molar-refractivity contribution in [1.29, 1.82) is 0 Å². The summed E-state index contributed by atoms with van der Waals surface area (Å²) < 4.78 is 5.82. The first-order valence-corrected chi connectivity index (χ1v) is 9.97. The van der Waals surface area contributed by atoms with E-state index < -0.39 is 5.60 Å². The smallest absolute Gasteiger partial charge is 0.234 e. The van der Waals surface area contributed by atoms with Crippen molar-refractivity contribution in [1.82, 2.24) is 10.2 Å². The van der Waals surface area contributed by atoms with E-state index >= 15 is 0 Å². The summed E-state index contributed by atoms with van der Waals surface area (Å²) in [4.78, 5) is 14.4. The Kier molecular flexibility index (Phi) is 7.06. The van der Waals surface area contributed by atoms with Crippen LogP contribution in [0, 0.1) is 6.92 Å². The number of benzene rings is 2. The van der Waals surface area contributed by atoms with Crippen molar-refractivity contribution in [2.45, 2.75) is 38.3 Å². The number of hydrogen-bond donors (Lipinski definition) is 2. The van der Waals surface area contributed by atoms with Gasteiger partial charge < -0.3 is 15.2 Å². The third kappa shape index (κ3) is 6.36. The van der Waals surface area contributed by atoms with Crippen molar-refractivity contribution < 1.29 is 14.6 Å². The zero-order valence-electron chi connectivity index (χ0n) is 16.6. The standard InChI is InChI=1S/C23H30N2O3/c1-19-8-10-21(11-9-19)28-18-23(27)12-5-14-25(15-13-23)17-22(26)24-16-20-6-3-2-4-7-20/h2-4,6-11,27H,5,12-18H2,1H3,(H,24,26). The number of amides is 1. The summed E-state index contributed by atoms with van der Waals surface area (Å²) in [6.45, 7) is 4.72. The van der Waals surface area contributed by atoms with Crippen LogP contribution in [-0.4, -0.2) is 47.8 Å². The SMILES string of the molecule is Cc1ccc(OCC2(O)CCCN(CC(=O)NCc3ccccc3)CC2)cc1. The van der Waals surface area contributed by atoms with E-state index in [9.17, 15) is 9.90 Å².